The Morgan fingerprint density at radius 1 is 1.12 bits per heavy atom. The predicted molar refractivity (Wildman–Crippen MR) is 103 cm³/mol. The molecule has 0 bridgehead atoms. The Hall–Kier alpha value is -0.340. The molecule has 24 heavy (non-hydrogen) atoms. The maximum absolute atomic E-state index is 11.9. The Morgan fingerprint density at radius 2 is 1.88 bits per heavy atom. The zero-order valence-electron chi connectivity index (χ0n) is 14.7. The van der Waals surface area contributed by atoms with Crippen molar-refractivity contribution in [1.82, 2.24) is 0 Å². The van der Waals surface area contributed by atoms with Crippen LogP contribution in [0, 0.1) is 38.4 Å². The third-order valence-corrected chi connectivity index (χ3v) is 8.64. The van der Waals surface area contributed by atoms with Gasteiger partial charge in [-0.3, -0.25) is 4.79 Å². The van der Waals surface area contributed by atoms with Crippen molar-refractivity contribution in [2.24, 2.45) is 28.6 Å². The Kier molecular flexibility index (Phi) is 3.97. The average molecular weight is 438 g/mol. The zero-order chi connectivity index (χ0) is 17.2. The van der Waals surface area contributed by atoms with Gasteiger partial charge < -0.3 is 5.11 Å². The van der Waals surface area contributed by atoms with E-state index in [1.807, 2.05) is 6.08 Å². The summed E-state index contributed by atoms with van der Waals surface area (Å²) >= 11 is 2.06. The molecule has 0 unspecified atom stereocenters. The van der Waals surface area contributed by atoms with Gasteiger partial charge in [-0.25, -0.2) is 0 Å². The number of carbonyl (C=O) groups excluding carboxylic acids is 1. The minimum Gasteiger partial charge on any atom is -0.377 e. The number of hydrogen-bond acceptors (Lipinski definition) is 2. The topological polar surface area (TPSA) is 37.3 Å². The van der Waals surface area contributed by atoms with E-state index in [9.17, 15) is 9.90 Å². The molecule has 0 aliphatic heterocycles. The SMILES string of the molecule is C[C@]12CCC(=O)C=C1CC[C@@H]1[C@@H]2CC[C@@]2(C)[C@H]1CC[C@@]2(O)C#CI. The first kappa shape index (κ1) is 17.1. The van der Waals surface area contributed by atoms with Crippen molar-refractivity contribution in [3.63, 3.8) is 0 Å². The minimum atomic E-state index is -0.802. The highest BCUT2D eigenvalue weighted by atomic mass is 127. The molecule has 2 nitrogen and oxygen atoms in total. The molecule has 3 saturated carbocycles. The van der Waals surface area contributed by atoms with Crippen LogP contribution in [-0.4, -0.2) is 16.5 Å². The second-order valence-electron chi connectivity index (χ2n) is 9.04. The van der Waals surface area contributed by atoms with Gasteiger partial charge in [-0.15, -0.1) is 0 Å². The standard InChI is InChI=1S/C21H27IO2/c1-19-8-5-15(23)13-14(19)3-4-16-17(19)6-9-20(2)18(16)7-10-21(20,24)11-12-22/h13,16-18,24H,3-10H2,1-2H3/t16-,17+,18+,19+,20+,21-/m1/s1. The molecule has 0 aromatic heterocycles. The first-order valence-electron chi connectivity index (χ1n) is 9.43. The van der Waals surface area contributed by atoms with Crippen LogP contribution in [-0.2, 0) is 4.79 Å². The number of halogens is 1. The van der Waals surface area contributed by atoms with Gasteiger partial charge >= 0.3 is 0 Å². The van der Waals surface area contributed by atoms with Gasteiger partial charge in [0, 0.05) is 34.4 Å². The predicted octanol–water partition coefficient (Wildman–Crippen LogP) is 4.65. The minimum absolute atomic E-state index is 0.0611. The van der Waals surface area contributed by atoms with Crippen LogP contribution in [0.5, 0.6) is 0 Å². The summed E-state index contributed by atoms with van der Waals surface area (Å²) in [5.41, 5.74) is 0.773. The molecular weight excluding hydrogens is 411 g/mol. The van der Waals surface area contributed by atoms with E-state index in [4.69, 9.17) is 0 Å². The lowest BCUT2D eigenvalue weighted by Crippen LogP contribution is -2.54. The first-order valence-corrected chi connectivity index (χ1v) is 10.5. The maximum Gasteiger partial charge on any atom is 0.155 e. The van der Waals surface area contributed by atoms with Crippen LogP contribution in [0.3, 0.4) is 0 Å². The van der Waals surface area contributed by atoms with Crippen molar-refractivity contribution in [3.8, 4) is 9.85 Å². The van der Waals surface area contributed by atoms with Gasteiger partial charge in [-0.1, -0.05) is 25.3 Å². The van der Waals surface area contributed by atoms with Crippen LogP contribution in [0.2, 0.25) is 0 Å². The van der Waals surface area contributed by atoms with E-state index < -0.39 is 5.60 Å². The van der Waals surface area contributed by atoms with E-state index in [2.05, 4.69) is 46.3 Å². The number of carbonyl (C=O) groups is 1. The quantitative estimate of drug-likeness (QED) is 0.442. The van der Waals surface area contributed by atoms with E-state index in [1.165, 1.54) is 18.4 Å². The number of allylic oxidation sites excluding steroid dienone is 1. The molecule has 3 heteroatoms. The van der Waals surface area contributed by atoms with Crippen molar-refractivity contribution in [1.29, 1.82) is 0 Å². The highest BCUT2D eigenvalue weighted by Gasteiger charge is 2.63. The summed E-state index contributed by atoms with van der Waals surface area (Å²) in [5.74, 6) is 5.43. The Labute approximate surface area is 159 Å². The summed E-state index contributed by atoms with van der Waals surface area (Å²) in [6, 6.07) is 0. The third-order valence-electron chi connectivity index (χ3n) is 8.37. The monoisotopic (exact) mass is 438 g/mol. The summed E-state index contributed by atoms with van der Waals surface area (Å²) in [4.78, 5) is 11.9. The summed E-state index contributed by atoms with van der Waals surface area (Å²) < 4.78 is 2.96. The van der Waals surface area contributed by atoms with E-state index in [-0.39, 0.29) is 10.8 Å². The summed E-state index contributed by atoms with van der Waals surface area (Å²) in [6.45, 7) is 4.70. The molecule has 3 fully saturated rings. The Morgan fingerprint density at radius 3 is 2.62 bits per heavy atom. The molecule has 0 aromatic rings. The fourth-order valence-corrected chi connectivity index (χ4v) is 7.31. The van der Waals surface area contributed by atoms with Gasteiger partial charge in [0.2, 0.25) is 0 Å². The van der Waals surface area contributed by atoms with Gasteiger partial charge in [-0.05, 0) is 78.1 Å². The normalized spacial score (nSPS) is 50.1. The number of rotatable bonds is 0. The largest absolute Gasteiger partial charge is 0.377 e. The summed E-state index contributed by atoms with van der Waals surface area (Å²) in [7, 11) is 0. The fraction of sp³-hybridized carbons (Fsp3) is 0.762. The smallest absolute Gasteiger partial charge is 0.155 e. The molecule has 0 heterocycles. The highest BCUT2D eigenvalue weighted by Crippen LogP contribution is 2.67. The number of ketones is 1. The van der Waals surface area contributed by atoms with Crippen molar-refractivity contribution in [2.75, 3.05) is 0 Å². The molecule has 6 atom stereocenters. The van der Waals surface area contributed by atoms with Crippen LogP contribution in [0.1, 0.15) is 65.2 Å². The van der Waals surface area contributed by atoms with E-state index >= 15 is 0 Å². The van der Waals surface area contributed by atoms with Gasteiger partial charge in [0.05, 0.1) is 0 Å². The summed E-state index contributed by atoms with van der Waals surface area (Å²) in [6.07, 6.45) is 10.1. The molecular formula is C21H27IO2. The molecule has 130 valence electrons. The molecule has 0 aromatic carbocycles. The van der Waals surface area contributed by atoms with Gasteiger partial charge in [-0.2, -0.15) is 0 Å². The van der Waals surface area contributed by atoms with Gasteiger partial charge in [0.1, 0.15) is 5.60 Å². The van der Waals surface area contributed by atoms with Gasteiger partial charge in [0.25, 0.3) is 0 Å². The van der Waals surface area contributed by atoms with Crippen LogP contribution in [0.15, 0.2) is 11.6 Å². The van der Waals surface area contributed by atoms with Crippen molar-refractivity contribution < 1.29 is 9.90 Å². The molecule has 0 amide bonds. The lowest BCUT2D eigenvalue weighted by atomic mass is 9.46. The molecule has 0 radical (unpaired) electrons. The zero-order valence-corrected chi connectivity index (χ0v) is 16.9. The maximum atomic E-state index is 11.9. The molecule has 4 aliphatic rings. The Balaban J connectivity index is 1.69. The Bertz CT molecular complexity index is 671. The van der Waals surface area contributed by atoms with E-state index in [1.54, 1.807) is 0 Å². The van der Waals surface area contributed by atoms with E-state index in [0.29, 0.717) is 23.5 Å². The van der Waals surface area contributed by atoms with Crippen LogP contribution < -0.4 is 0 Å². The second kappa shape index (κ2) is 5.58. The molecule has 0 saturated heterocycles. The third kappa shape index (κ3) is 2.14. The van der Waals surface area contributed by atoms with Crippen LogP contribution in [0.4, 0.5) is 0 Å². The second-order valence-corrected chi connectivity index (χ2v) is 9.58. The highest BCUT2D eigenvalue weighted by molar-refractivity contribution is 14.1. The van der Waals surface area contributed by atoms with Crippen LogP contribution >= 0.6 is 22.6 Å². The lowest BCUT2D eigenvalue weighted by molar-refractivity contribution is -0.119. The van der Waals surface area contributed by atoms with Crippen molar-refractivity contribution in [2.45, 2.75) is 70.8 Å². The van der Waals surface area contributed by atoms with Crippen LogP contribution in [0.25, 0.3) is 0 Å². The fourth-order valence-electron chi connectivity index (χ4n) is 6.86. The van der Waals surface area contributed by atoms with Crippen molar-refractivity contribution in [3.05, 3.63) is 11.6 Å². The molecule has 4 aliphatic carbocycles. The first-order chi connectivity index (χ1) is 11.3. The lowest BCUT2D eigenvalue weighted by Gasteiger charge is -2.58. The molecule has 0 spiro atoms. The van der Waals surface area contributed by atoms with E-state index in [0.717, 1.165) is 38.5 Å². The van der Waals surface area contributed by atoms with Crippen molar-refractivity contribution >= 4 is 28.4 Å². The molecule has 1 N–H and O–H groups in total. The number of aliphatic hydroxyl groups is 1. The number of hydrogen-bond donors (Lipinski definition) is 1. The molecule has 4 rings (SSSR count). The number of fused-ring (bicyclic) bond motifs is 5. The average Bonchev–Trinajstić information content (AvgIpc) is 2.80. The van der Waals surface area contributed by atoms with Gasteiger partial charge in [0.15, 0.2) is 5.78 Å². The summed E-state index contributed by atoms with van der Waals surface area (Å²) in [5, 5.41) is 11.2.